The molecule has 208 valence electrons. The number of nitrogens with one attached hydrogen (secondary N) is 2. The first kappa shape index (κ1) is 26.0. The third kappa shape index (κ3) is 4.05. The summed E-state index contributed by atoms with van der Waals surface area (Å²) in [5, 5.41) is 16.5. The minimum atomic E-state index is -1.60. The Kier molecular flexibility index (Phi) is 6.36. The first-order valence-corrected chi connectivity index (χ1v) is 12.8. The quantitative estimate of drug-likeness (QED) is 0.147. The zero-order valence-electron chi connectivity index (χ0n) is 21.5. The third-order valence-corrected chi connectivity index (χ3v) is 7.77. The Balaban J connectivity index is 1.43. The monoisotopic (exact) mass is 551 g/mol. The number of aliphatic hydroxyl groups is 1. The summed E-state index contributed by atoms with van der Waals surface area (Å²) in [6, 6.07) is 2.42. The Morgan fingerprint density at radius 3 is 2.83 bits per heavy atom. The molecule has 0 unspecified atom stereocenters. The molecular formula is C27H26FN5O7. The zero-order valence-corrected chi connectivity index (χ0v) is 21.5. The van der Waals surface area contributed by atoms with Crippen LogP contribution in [0.5, 0.6) is 0 Å². The van der Waals surface area contributed by atoms with Gasteiger partial charge in [-0.05, 0) is 42.5 Å². The van der Waals surface area contributed by atoms with Crippen LogP contribution >= 0.6 is 0 Å². The first-order valence-electron chi connectivity index (χ1n) is 12.8. The smallest absolute Gasteiger partial charge is 0.340 e. The highest BCUT2D eigenvalue weighted by Gasteiger charge is 2.37. The number of aryl methyl sites for hydroxylation is 1. The SMILES string of the molecule is Cc1c(F)cc2nc3c(c4c2c1CC[C@@H]4NC(=O)COCNC(=O)CN)Cn1c-3cc2c(c1=O)COC(=O)[C@H]2O. The molecule has 2 aliphatic heterocycles. The second-order valence-corrected chi connectivity index (χ2v) is 10.0. The van der Waals surface area contributed by atoms with Crippen molar-refractivity contribution >= 4 is 28.7 Å². The predicted molar refractivity (Wildman–Crippen MR) is 137 cm³/mol. The lowest BCUT2D eigenvalue weighted by Crippen LogP contribution is -2.37. The van der Waals surface area contributed by atoms with Crippen LogP contribution in [0.4, 0.5) is 4.39 Å². The number of aliphatic hydroxyl groups excluding tert-OH is 1. The molecule has 0 spiro atoms. The maximum atomic E-state index is 14.9. The summed E-state index contributed by atoms with van der Waals surface area (Å²) in [4.78, 5) is 54.3. The van der Waals surface area contributed by atoms with Crippen LogP contribution in [0, 0.1) is 12.7 Å². The van der Waals surface area contributed by atoms with E-state index in [9.17, 15) is 28.7 Å². The number of amides is 2. The number of nitrogens with zero attached hydrogens (tertiary/aromatic N) is 2. The van der Waals surface area contributed by atoms with E-state index in [0.717, 1.165) is 16.5 Å². The lowest BCUT2D eigenvalue weighted by Gasteiger charge is -2.29. The number of esters is 1. The van der Waals surface area contributed by atoms with Crippen LogP contribution in [0.2, 0.25) is 0 Å². The van der Waals surface area contributed by atoms with Gasteiger partial charge in [0.15, 0.2) is 6.10 Å². The van der Waals surface area contributed by atoms with Crippen molar-refractivity contribution in [3.63, 3.8) is 0 Å². The molecule has 3 aromatic rings. The summed E-state index contributed by atoms with van der Waals surface area (Å²) in [5.74, 6) is -2.08. The number of rotatable bonds is 6. The number of carbonyl (C=O) groups is 3. The molecule has 0 fully saturated rings. The number of carbonyl (C=O) groups excluding carboxylic acids is 3. The Bertz CT molecular complexity index is 1680. The van der Waals surface area contributed by atoms with Crippen LogP contribution < -0.4 is 21.9 Å². The summed E-state index contributed by atoms with van der Waals surface area (Å²) in [5.41, 5.74) is 9.09. The zero-order chi connectivity index (χ0) is 28.3. The molecule has 0 bridgehead atoms. The van der Waals surface area contributed by atoms with Gasteiger partial charge < -0.3 is 35.5 Å². The Hall–Kier alpha value is -4.20. The van der Waals surface area contributed by atoms with Crippen molar-refractivity contribution in [2.75, 3.05) is 19.9 Å². The van der Waals surface area contributed by atoms with Gasteiger partial charge in [0.25, 0.3) is 5.56 Å². The van der Waals surface area contributed by atoms with Gasteiger partial charge in [0.2, 0.25) is 11.8 Å². The fourth-order valence-corrected chi connectivity index (χ4v) is 5.83. The van der Waals surface area contributed by atoms with Crippen LogP contribution in [0.3, 0.4) is 0 Å². The van der Waals surface area contributed by atoms with Crippen LogP contribution in [0.15, 0.2) is 16.9 Å². The van der Waals surface area contributed by atoms with Crippen molar-refractivity contribution in [2.24, 2.45) is 5.73 Å². The lowest BCUT2D eigenvalue weighted by atomic mass is 9.81. The minimum absolute atomic E-state index is 0.142. The van der Waals surface area contributed by atoms with Gasteiger partial charge in [-0.25, -0.2) is 14.2 Å². The molecule has 12 nitrogen and oxygen atoms in total. The highest BCUT2D eigenvalue weighted by Crippen LogP contribution is 2.45. The van der Waals surface area contributed by atoms with Crippen LogP contribution in [-0.4, -0.2) is 52.3 Å². The second-order valence-electron chi connectivity index (χ2n) is 10.0. The van der Waals surface area contributed by atoms with E-state index >= 15 is 0 Å². The van der Waals surface area contributed by atoms with Gasteiger partial charge >= 0.3 is 5.97 Å². The minimum Gasteiger partial charge on any atom is -0.458 e. The van der Waals surface area contributed by atoms with Crippen molar-refractivity contribution < 1.29 is 33.4 Å². The number of halogens is 1. The summed E-state index contributed by atoms with van der Waals surface area (Å²) in [6.07, 6.45) is -0.626. The fourth-order valence-electron chi connectivity index (χ4n) is 5.83. The Morgan fingerprint density at radius 1 is 1.25 bits per heavy atom. The molecule has 2 amide bonds. The normalized spacial score (nSPS) is 18.6. The number of aromatic nitrogens is 2. The molecule has 40 heavy (non-hydrogen) atoms. The van der Waals surface area contributed by atoms with Gasteiger partial charge in [0, 0.05) is 22.6 Å². The van der Waals surface area contributed by atoms with E-state index in [1.165, 1.54) is 10.6 Å². The first-order chi connectivity index (χ1) is 19.2. The van der Waals surface area contributed by atoms with Gasteiger partial charge in [0.1, 0.15) is 25.8 Å². The molecule has 5 N–H and O–H groups in total. The van der Waals surface area contributed by atoms with Crippen LogP contribution in [-0.2, 0) is 43.4 Å². The summed E-state index contributed by atoms with van der Waals surface area (Å²) < 4.78 is 26.7. The standard InChI is InChI=1S/C27H26FN5O7/c1-11-12-2-3-17(31-21(35)9-39-10-30-20(34)6-29)23-14-7-33-19(24(14)32-18(22(12)23)5-16(11)28)4-13-15(26(33)37)8-40-27(38)25(13)36/h4-5,17,25,36H,2-3,6-10,29H2,1H3,(H,30,34)(H,31,35)/t17-,25-/m0/s1. The Morgan fingerprint density at radius 2 is 2.05 bits per heavy atom. The number of hydrogen-bond acceptors (Lipinski definition) is 9. The fraction of sp³-hybridized carbons (Fsp3) is 0.370. The predicted octanol–water partition coefficient (Wildman–Crippen LogP) is 0.115. The van der Waals surface area contributed by atoms with Crippen LogP contribution in [0.1, 0.15) is 51.9 Å². The molecule has 0 radical (unpaired) electrons. The second kappa shape index (κ2) is 9.77. The molecule has 13 heteroatoms. The van der Waals surface area contributed by atoms with E-state index in [2.05, 4.69) is 10.6 Å². The van der Waals surface area contributed by atoms with Gasteiger partial charge in [-0.15, -0.1) is 0 Å². The van der Waals surface area contributed by atoms with Crippen LogP contribution in [0.25, 0.3) is 22.3 Å². The van der Waals surface area contributed by atoms with Gasteiger partial charge in [0.05, 0.1) is 41.6 Å². The van der Waals surface area contributed by atoms with Gasteiger partial charge in [-0.2, -0.15) is 0 Å². The van der Waals surface area contributed by atoms with Gasteiger partial charge in [-0.1, -0.05) is 0 Å². The number of ether oxygens (including phenoxy) is 2. The average Bonchev–Trinajstić information content (AvgIpc) is 3.31. The number of hydrogen-bond donors (Lipinski definition) is 4. The van der Waals surface area contributed by atoms with Crippen molar-refractivity contribution in [2.45, 2.75) is 45.1 Å². The summed E-state index contributed by atoms with van der Waals surface area (Å²) in [6.45, 7) is 0.910. The van der Waals surface area contributed by atoms with E-state index in [0.29, 0.717) is 40.9 Å². The maximum absolute atomic E-state index is 14.9. The van der Waals surface area contributed by atoms with Crippen molar-refractivity contribution in [1.82, 2.24) is 20.2 Å². The molecule has 3 aliphatic rings. The molecule has 1 aliphatic carbocycles. The molecule has 0 saturated carbocycles. The molecule has 6 rings (SSSR count). The van der Waals surface area contributed by atoms with E-state index < -0.39 is 41.3 Å². The number of pyridine rings is 2. The van der Waals surface area contributed by atoms with E-state index in [1.807, 2.05) is 0 Å². The number of fused-ring (bicyclic) bond motifs is 5. The van der Waals surface area contributed by atoms with Crippen molar-refractivity contribution in [3.8, 4) is 11.4 Å². The topological polar surface area (TPSA) is 175 Å². The molecular weight excluding hydrogens is 525 g/mol. The number of nitrogens with two attached hydrogens (primary N) is 1. The average molecular weight is 552 g/mol. The molecule has 4 heterocycles. The lowest BCUT2D eigenvalue weighted by molar-refractivity contribution is -0.157. The third-order valence-electron chi connectivity index (χ3n) is 7.77. The molecule has 2 atom stereocenters. The molecule has 0 saturated heterocycles. The highest BCUT2D eigenvalue weighted by atomic mass is 19.1. The number of cyclic esters (lactones) is 1. The summed E-state index contributed by atoms with van der Waals surface area (Å²) in [7, 11) is 0. The van der Waals surface area contributed by atoms with Crippen molar-refractivity contribution in [3.05, 3.63) is 61.7 Å². The van der Waals surface area contributed by atoms with E-state index in [1.54, 1.807) is 13.0 Å². The highest BCUT2D eigenvalue weighted by molar-refractivity contribution is 5.93. The molecule has 1 aromatic carbocycles. The largest absolute Gasteiger partial charge is 0.458 e. The Labute approximate surface area is 226 Å². The summed E-state index contributed by atoms with van der Waals surface area (Å²) >= 11 is 0. The molecule has 2 aromatic heterocycles. The van der Waals surface area contributed by atoms with Gasteiger partial charge in [-0.3, -0.25) is 14.4 Å². The van der Waals surface area contributed by atoms with E-state index in [-0.39, 0.29) is 44.2 Å². The van der Waals surface area contributed by atoms with E-state index in [4.69, 9.17) is 20.2 Å². The van der Waals surface area contributed by atoms with Crippen molar-refractivity contribution in [1.29, 1.82) is 0 Å². The number of benzene rings is 1. The maximum Gasteiger partial charge on any atom is 0.340 e.